The topological polar surface area (TPSA) is 92.7 Å². The third-order valence-corrected chi connectivity index (χ3v) is 5.17. The van der Waals surface area contributed by atoms with Crippen LogP contribution in [-0.4, -0.2) is 43.0 Å². The minimum Gasteiger partial charge on any atom is -0.481 e. The number of carboxylic acids is 1. The first-order valence-electron chi connectivity index (χ1n) is 5.41. The average Bonchev–Trinajstić information content (AvgIpc) is 2.71. The molecule has 0 aromatic heterocycles. The average molecular weight is 261 g/mol. The van der Waals surface area contributed by atoms with Gasteiger partial charge in [-0.15, -0.1) is 0 Å². The Morgan fingerprint density at radius 1 is 1.65 bits per heavy atom. The number of hydrogen-bond acceptors (Lipinski definition) is 4. The number of fused-ring (bicyclic) bond motifs is 2. The van der Waals surface area contributed by atoms with Crippen molar-refractivity contribution in [2.45, 2.75) is 36.7 Å². The number of ether oxygens (including phenoxy) is 1. The molecule has 2 N–H and O–H groups in total. The van der Waals surface area contributed by atoms with Crippen molar-refractivity contribution in [1.82, 2.24) is 4.72 Å². The SMILES string of the molecule is CC12C=CC(CC1S(=O)(=O)NCCC(=O)O)O2. The van der Waals surface area contributed by atoms with Crippen molar-refractivity contribution in [1.29, 1.82) is 0 Å². The van der Waals surface area contributed by atoms with E-state index in [-0.39, 0.29) is 19.1 Å². The fourth-order valence-corrected chi connectivity index (χ4v) is 4.07. The number of carbonyl (C=O) groups is 1. The summed E-state index contributed by atoms with van der Waals surface area (Å²) < 4.78 is 31.8. The molecule has 2 aliphatic heterocycles. The molecule has 17 heavy (non-hydrogen) atoms. The quantitative estimate of drug-likeness (QED) is 0.672. The zero-order valence-corrected chi connectivity index (χ0v) is 10.2. The van der Waals surface area contributed by atoms with Gasteiger partial charge in [0.05, 0.1) is 12.5 Å². The second kappa shape index (κ2) is 4.08. The van der Waals surface area contributed by atoms with Gasteiger partial charge in [0.2, 0.25) is 10.0 Å². The van der Waals surface area contributed by atoms with E-state index in [4.69, 9.17) is 9.84 Å². The molecule has 0 amide bonds. The van der Waals surface area contributed by atoms with Gasteiger partial charge in [0.1, 0.15) is 10.9 Å². The molecular formula is C10H15NO5S. The molecule has 0 saturated carbocycles. The number of rotatable bonds is 5. The van der Waals surface area contributed by atoms with Gasteiger partial charge < -0.3 is 9.84 Å². The minimum absolute atomic E-state index is 0.0847. The van der Waals surface area contributed by atoms with Crippen molar-refractivity contribution < 1.29 is 23.1 Å². The van der Waals surface area contributed by atoms with Crippen LogP contribution in [0.4, 0.5) is 0 Å². The van der Waals surface area contributed by atoms with Gasteiger partial charge in [-0.2, -0.15) is 0 Å². The second-order valence-corrected chi connectivity index (χ2v) is 6.45. The molecule has 1 fully saturated rings. The molecule has 96 valence electrons. The maximum absolute atomic E-state index is 12.0. The maximum atomic E-state index is 12.0. The van der Waals surface area contributed by atoms with Gasteiger partial charge in [0.25, 0.3) is 0 Å². The Balaban J connectivity index is 2.02. The molecule has 0 spiro atoms. The first-order chi connectivity index (χ1) is 7.83. The summed E-state index contributed by atoms with van der Waals surface area (Å²) in [6, 6.07) is 0. The fourth-order valence-electron chi connectivity index (χ4n) is 2.29. The summed E-state index contributed by atoms with van der Waals surface area (Å²) in [5.74, 6) is -1.02. The predicted octanol–water partition coefficient (Wildman–Crippen LogP) is -0.134. The molecule has 6 nitrogen and oxygen atoms in total. The molecule has 7 heteroatoms. The number of sulfonamides is 1. The molecule has 0 aliphatic carbocycles. The largest absolute Gasteiger partial charge is 0.481 e. The number of aliphatic carboxylic acids is 1. The van der Waals surface area contributed by atoms with Crippen molar-refractivity contribution in [2.75, 3.05) is 6.54 Å². The van der Waals surface area contributed by atoms with Crippen molar-refractivity contribution >= 4 is 16.0 Å². The van der Waals surface area contributed by atoms with Crippen LogP contribution in [-0.2, 0) is 19.6 Å². The number of nitrogens with one attached hydrogen (secondary N) is 1. The van der Waals surface area contributed by atoms with E-state index in [9.17, 15) is 13.2 Å². The third-order valence-electron chi connectivity index (χ3n) is 3.15. The zero-order chi connectivity index (χ0) is 12.7. The highest BCUT2D eigenvalue weighted by molar-refractivity contribution is 7.90. The lowest BCUT2D eigenvalue weighted by atomic mass is 9.96. The molecule has 0 aromatic carbocycles. The Morgan fingerprint density at radius 3 is 2.82 bits per heavy atom. The fraction of sp³-hybridized carbons (Fsp3) is 0.700. The lowest BCUT2D eigenvalue weighted by Gasteiger charge is -2.25. The van der Waals surface area contributed by atoms with E-state index in [2.05, 4.69) is 4.72 Å². The van der Waals surface area contributed by atoms with Crippen molar-refractivity contribution in [3.8, 4) is 0 Å². The summed E-state index contributed by atoms with van der Waals surface area (Å²) in [6.45, 7) is 1.65. The van der Waals surface area contributed by atoms with Crippen molar-refractivity contribution in [3.05, 3.63) is 12.2 Å². The minimum atomic E-state index is -3.53. The lowest BCUT2D eigenvalue weighted by Crippen LogP contribution is -2.45. The van der Waals surface area contributed by atoms with Crippen LogP contribution in [0.25, 0.3) is 0 Å². The van der Waals surface area contributed by atoms with Crippen molar-refractivity contribution in [3.63, 3.8) is 0 Å². The summed E-state index contributed by atoms with van der Waals surface area (Å²) in [6.07, 6.45) is 3.70. The van der Waals surface area contributed by atoms with Gasteiger partial charge in [-0.1, -0.05) is 12.2 Å². The third kappa shape index (κ3) is 2.36. The highest BCUT2D eigenvalue weighted by atomic mass is 32.2. The maximum Gasteiger partial charge on any atom is 0.304 e. The Morgan fingerprint density at radius 2 is 2.35 bits per heavy atom. The van der Waals surface area contributed by atoms with Gasteiger partial charge in [0.15, 0.2) is 0 Å². The summed E-state index contributed by atoms with van der Waals surface area (Å²) in [5.41, 5.74) is -0.778. The van der Waals surface area contributed by atoms with Gasteiger partial charge in [-0.25, -0.2) is 13.1 Å². The van der Waals surface area contributed by atoms with Crippen LogP contribution < -0.4 is 4.72 Å². The monoisotopic (exact) mass is 261 g/mol. The van der Waals surface area contributed by atoms with E-state index in [1.807, 2.05) is 6.08 Å². The first kappa shape index (κ1) is 12.5. The van der Waals surface area contributed by atoms with Crippen LogP contribution in [0.5, 0.6) is 0 Å². The normalized spacial score (nSPS) is 35.4. The molecule has 2 aliphatic rings. The predicted molar refractivity (Wildman–Crippen MR) is 60.0 cm³/mol. The van der Waals surface area contributed by atoms with Crippen LogP contribution in [0, 0.1) is 0 Å². The van der Waals surface area contributed by atoms with E-state index in [0.29, 0.717) is 6.42 Å². The van der Waals surface area contributed by atoms with Crippen LogP contribution in [0.2, 0.25) is 0 Å². The number of hydrogen-bond donors (Lipinski definition) is 2. The molecule has 3 unspecified atom stereocenters. The van der Waals surface area contributed by atoms with E-state index in [0.717, 1.165) is 0 Å². The molecule has 0 radical (unpaired) electrons. The van der Waals surface area contributed by atoms with Crippen LogP contribution in [0.15, 0.2) is 12.2 Å². The first-order valence-corrected chi connectivity index (χ1v) is 6.95. The van der Waals surface area contributed by atoms with Crippen LogP contribution in [0.3, 0.4) is 0 Å². The molecular weight excluding hydrogens is 246 g/mol. The summed E-state index contributed by atoms with van der Waals surface area (Å²) in [4.78, 5) is 10.3. The van der Waals surface area contributed by atoms with E-state index in [1.165, 1.54) is 0 Å². The Hall–Kier alpha value is -0.920. The van der Waals surface area contributed by atoms with Gasteiger partial charge >= 0.3 is 5.97 Å². The summed E-state index contributed by atoms with van der Waals surface area (Å²) in [7, 11) is -3.53. The number of carboxylic acid groups (broad SMARTS) is 1. The summed E-state index contributed by atoms with van der Waals surface area (Å²) >= 11 is 0. The molecule has 3 atom stereocenters. The van der Waals surface area contributed by atoms with E-state index in [1.54, 1.807) is 13.0 Å². The standard InChI is InChI=1S/C10H15NO5S/c1-10-4-2-7(16-10)6-8(10)17(14,15)11-5-3-9(12)13/h2,4,7-8,11H,3,5-6H2,1H3,(H,12,13). The van der Waals surface area contributed by atoms with Crippen LogP contribution >= 0.6 is 0 Å². The van der Waals surface area contributed by atoms with Gasteiger partial charge in [-0.3, -0.25) is 4.79 Å². The Bertz CT molecular complexity index is 457. The molecule has 2 rings (SSSR count). The zero-order valence-electron chi connectivity index (χ0n) is 9.42. The van der Waals surface area contributed by atoms with Crippen molar-refractivity contribution in [2.24, 2.45) is 0 Å². The molecule has 1 saturated heterocycles. The van der Waals surface area contributed by atoms with Crippen LogP contribution in [0.1, 0.15) is 19.8 Å². The highest BCUT2D eigenvalue weighted by Crippen LogP contribution is 2.41. The van der Waals surface area contributed by atoms with E-state index >= 15 is 0 Å². The van der Waals surface area contributed by atoms with E-state index < -0.39 is 26.8 Å². The van der Waals surface area contributed by atoms with Gasteiger partial charge in [0, 0.05) is 6.54 Å². The second-order valence-electron chi connectivity index (χ2n) is 4.51. The molecule has 2 bridgehead atoms. The summed E-state index contributed by atoms with van der Waals surface area (Å²) in [5, 5.41) is 7.82. The smallest absolute Gasteiger partial charge is 0.304 e. The lowest BCUT2D eigenvalue weighted by molar-refractivity contribution is -0.136. The Labute approximate surface area is 99.7 Å². The molecule has 0 aromatic rings. The molecule has 2 heterocycles. The Kier molecular flexibility index (Phi) is 3.01. The highest BCUT2D eigenvalue weighted by Gasteiger charge is 2.52. The van der Waals surface area contributed by atoms with Gasteiger partial charge in [-0.05, 0) is 13.3 Å².